The minimum absolute atomic E-state index is 0.679. The van der Waals surface area contributed by atoms with Crippen LogP contribution in [-0.2, 0) is 0 Å². The van der Waals surface area contributed by atoms with Gasteiger partial charge < -0.3 is 0 Å². The Bertz CT molecular complexity index is 152. The highest BCUT2D eigenvalue weighted by Gasteiger charge is 2.13. The van der Waals surface area contributed by atoms with Crippen molar-refractivity contribution in [2.24, 2.45) is 0 Å². The molecule has 11 heavy (non-hydrogen) atoms. The molecule has 0 aromatic carbocycles. The van der Waals surface area contributed by atoms with Crippen molar-refractivity contribution in [1.29, 1.82) is 0 Å². The Morgan fingerprint density at radius 2 is 2.36 bits per heavy atom. The molecule has 0 saturated carbocycles. The van der Waals surface area contributed by atoms with Gasteiger partial charge in [0.25, 0.3) is 0 Å². The van der Waals surface area contributed by atoms with Crippen molar-refractivity contribution < 1.29 is 0 Å². The van der Waals surface area contributed by atoms with E-state index in [0.717, 1.165) is 12.3 Å². The molecule has 1 aliphatic rings. The van der Waals surface area contributed by atoms with Crippen LogP contribution in [0.1, 0.15) is 20.3 Å². The van der Waals surface area contributed by atoms with Crippen molar-refractivity contribution in [3.05, 3.63) is 11.6 Å². The van der Waals surface area contributed by atoms with Crippen LogP contribution in [-0.4, -0.2) is 29.8 Å². The maximum absolute atomic E-state index is 4.28. The molecule has 1 nitrogen and oxygen atoms in total. The Kier molecular flexibility index (Phi) is 3.46. The average molecular weight is 171 g/mol. The molecule has 0 unspecified atom stereocenters. The Hall–Kier alpha value is 0.0500. The second kappa shape index (κ2) is 4.17. The minimum atomic E-state index is 0.679. The van der Waals surface area contributed by atoms with Crippen LogP contribution in [0.2, 0.25) is 0 Å². The van der Waals surface area contributed by atoms with E-state index in [1.54, 1.807) is 0 Å². The average Bonchev–Trinajstić information content (AvgIpc) is 2.05. The second-order valence-corrected chi connectivity index (χ2v) is 3.69. The van der Waals surface area contributed by atoms with Gasteiger partial charge in [-0.25, -0.2) is 0 Å². The molecule has 0 N–H and O–H groups in total. The van der Waals surface area contributed by atoms with E-state index < -0.39 is 0 Å². The van der Waals surface area contributed by atoms with Gasteiger partial charge in [0.2, 0.25) is 0 Å². The normalized spacial score (nSPS) is 20.5. The van der Waals surface area contributed by atoms with Gasteiger partial charge in [-0.1, -0.05) is 11.6 Å². The van der Waals surface area contributed by atoms with Crippen molar-refractivity contribution in [2.45, 2.75) is 26.3 Å². The van der Waals surface area contributed by atoms with Crippen LogP contribution in [0.25, 0.3) is 0 Å². The lowest BCUT2D eigenvalue weighted by atomic mass is 10.1. The summed E-state index contributed by atoms with van der Waals surface area (Å²) in [5.74, 6) is 0.920. The third kappa shape index (κ3) is 2.53. The van der Waals surface area contributed by atoms with Crippen LogP contribution >= 0.6 is 12.6 Å². The molecule has 1 aliphatic heterocycles. The zero-order valence-electron chi connectivity index (χ0n) is 7.38. The molecule has 0 spiro atoms. The first-order valence-corrected chi connectivity index (χ1v) is 4.90. The molecule has 0 saturated heterocycles. The predicted molar refractivity (Wildman–Crippen MR) is 53.3 cm³/mol. The molecule has 1 rings (SSSR count). The van der Waals surface area contributed by atoms with Crippen molar-refractivity contribution in [1.82, 2.24) is 4.90 Å². The van der Waals surface area contributed by atoms with Crippen LogP contribution in [0.3, 0.4) is 0 Å². The molecule has 0 aromatic rings. The number of nitrogens with zero attached hydrogens (tertiary/aromatic N) is 1. The third-order valence-electron chi connectivity index (χ3n) is 2.19. The Balaban J connectivity index is 2.46. The van der Waals surface area contributed by atoms with E-state index in [1.807, 2.05) is 0 Å². The van der Waals surface area contributed by atoms with Crippen LogP contribution in [0.15, 0.2) is 11.6 Å². The lowest BCUT2D eigenvalue weighted by Crippen LogP contribution is -2.36. The van der Waals surface area contributed by atoms with Crippen LogP contribution in [0.4, 0.5) is 0 Å². The smallest absolute Gasteiger partial charge is 0.0203 e. The highest BCUT2D eigenvalue weighted by atomic mass is 32.1. The standard InChI is InChI=1S/C9H17NS/c1-8(2)10-5-3-4-9(6-10)7-11/h4,8,11H,3,5-7H2,1-2H3. The summed E-state index contributed by atoms with van der Waals surface area (Å²) in [6.45, 7) is 6.85. The van der Waals surface area contributed by atoms with Crippen molar-refractivity contribution in [2.75, 3.05) is 18.8 Å². The van der Waals surface area contributed by atoms with Crippen LogP contribution in [0.5, 0.6) is 0 Å². The summed E-state index contributed by atoms with van der Waals surface area (Å²) in [5.41, 5.74) is 1.48. The lowest BCUT2D eigenvalue weighted by molar-refractivity contribution is 0.236. The predicted octanol–water partition coefficient (Wildman–Crippen LogP) is 1.96. The fourth-order valence-electron chi connectivity index (χ4n) is 1.39. The molecule has 64 valence electrons. The van der Waals surface area contributed by atoms with E-state index in [2.05, 4.69) is 37.5 Å². The van der Waals surface area contributed by atoms with Gasteiger partial charge in [0.15, 0.2) is 0 Å². The molecule has 0 fully saturated rings. The largest absolute Gasteiger partial charge is 0.297 e. The highest BCUT2D eigenvalue weighted by Crippen LogP contribution is 2.12. The second-order valence-electron chi connectivity index (χ2n) is 3.37. The van der Waals surface area contributed by atoms with Crippen molar-refractivity contribution >= 4 is 12.6 Å². The quantitative estimate of drug-likeness (QED) is 0.491. The fourth-order valence-corrected chi connectivity index (χ4v) is 1.62. The molecular weight excluding hydrogens is 154 g/mol. The summed E-state index contributed by atoms with van der Waals surface area (Å²) in [5, 5.41) is 0. The van der Waals surface area contributed by atoms with E-state index in [1.165, 1.54) is 18.5 Å². The van der Waals surface area contributed by atoms with Gasteiger partial charge >= 0.3 is 0 Å². The Morgan fingerprint density at radius 1 is 1.64 bits per heavy atom. The molecule has 0 aromatic heterocycles. The van der Waals surface area contributed by atoms with Gasteiger partial charge in [-0.15, -0.1) is 0 Å². The van der Waals surface area contributed by atoms with Crippen LogP contribution in [0, 0.1) is 0 Å². The van der Waals surface area contributed by atoms with E-state index >= 15 is 0 Å². The lowest BCUT2D eigenvalue weighted by Gasteiger charge is -2.30. The molecule has 0 atom stereocenters. The molecular formula is C9H17NS. The fraction of sp³-hybridized carbons (Fsp3) is 0.778. The minimum Gasteiger partial charge on any atom is -0.297 e. The highest BCUT2D eigenvalue weighted by molar-refractivity contribution is 7.80. The van der Waals surface area contributed by atoms with E-state index in [4.69, 9.17) is 0 Å². The van der Waals surface area contributed by atoms with Gasteiger partial charge in [-0.3, -0.25) is 4.90 Å². The van der Waals surface area contributed by atoms with Crippen molar-refractivity contribution in [3.8, 4) is 0 Å². The van der Waals surface area contributed by atoms with Gasteiger partial charge in [-0.05, 0) is 20.3 Å². The summed E-state index contributed by atoms with van der Waals surface area (Å²) in [4.78, 5) is 2.49. The molecule has 0 radical (unpaired) electrons. The zero-order chi connectivity index (χ0) is 8.27. The number of rotatable bonds is 2. The van der Waals surface area contributed by atoms with E-state index in [-0.39, 0.29) is 0 Å². The maximum Gasteiger partial charge on any atom is 0.0203 e. The SMILES string of the molecule is CC(C)N1CCC=C(CS)C1. The molecule has 1 heterocycles. The summed E-state index contributed by atoms with van der Waals surface area (Å²) in [7, 11) is 0. The summed E-state index contributed by atoms with van der Waals surface area (Å²) < 4.78 is 0. The van der Waals surface area contributed by atoms with E-state index in [0.29, 0.717) is 6.04 Å². The first-order valence-electron chi connectivity index (χ1n) is 4.27. The number of thiol groups is 1. The Morgan fingerprint density at radius 3 is 2.91 bits per heavy atom. The first kappa shape index (κ1) is 9.14. The molecule has 0 bridgehead atoms. The topological polar surface area (TPSA) is 3.24 Å². The van der Waals surface area contributed by atoms with Crippen LogP contribution < -0.4 is 0 Å². The van der Waals surface area contributed by atoms with Gasteiger partial charge in [0.05, 0.1) is 0 Å². The van der Waals surface area contributed by atoms with Gasteiger partial charge in [0.1, 0.15) is 0 Å². The maximum atomic E-state index is 4.28. The van der Waals surface area contributed by atoms with Gasteiger partial charge in [-0.2, -0.15) is 12.6 Å². The summed E-state index contributed by atoms with van der Waals surface area (Å²) >= 11 is 4.28. The van der Waals surface area contributed by atoms with E-state index in [9.17, 15) is 0 Å². The number of hydrogen-bond donors (Lipinski definition) is 1. The number of hydrogen-bond acceptors (Lipinski definition) is 2. The summed E-state index contributed by atoms with van der Waals surface area (Å²) in [6, 6.07) is 0.679. The van der Waals surface area contributed by atoms with Gasteiger partial charge in [0, 0.05) is 24.9 Å². The monoisotopic (exact) mass is 171 g/mol. The first-order chi connectivity index (χ1) is 5.24. The molecule has 0 amide bonds. The Labute approximate surface area is 74.9 Å². The molecule has 2 heteroatoms. The summed E-state index contributed by atoms with van der Waals surface area (Å²) in [6.07, 6.45) is 3.53. The van der Waals surface area contributed by atoms with Crippen molar-refractivity contribution in [3.63, 3.8) is 0 Å². The molecule has 0 aliphatic carbocycles. The third-order valence-corrected chi connectivity index (χ3v) is 2.60. The zero-order valence-corrected chi connectivity index (χ0v) is 8.27.